The van der Waals surface area contributed by atoms with E-state index in [1.165, 1.54) is 16.0 Å². The molecule has 0 radical (unpaired) electrons. The largest absolute Gasteiger partial charge is 0.496 e. The predicted molar refractivity (Wildman–Crippen MR) is 83.2 cm³/mol. The van der Waals surface area contributed by atoms with E-state index in [2.05, 4.69) is 38.1 Å². The summed E-state index contributed by atoms with van der Waals surface area (Å²) in [6.45, 7) is 4.24. The Morgan fingerprint density at radius 2 is 1.90 bits per heavy atom. The molecule has 0 saturated carbocycles. The molecule has 0 heterocycles. The van der Waals surface area contributed by atoms with Crippen molar-refractivity contribution in [1.29, 1.82) is 5.26 Å². The summed E-state index contributed by atoms with van der Waals surface area (Å²) in [6.07, 6.45) is 0. The van der Waals surface area contributed by atoms with Crippen molar-refractivity contribution in [2.75, 3.05) is 7.11 Å². The van der Waals surface area contributed by atoms with Gasteiger partial charge >= 0.3 is 0 Å². The third-order valence-electron chi connectivity index (χ3n) is 3.28. The van der Waals surface area contributed by atoms with Gasteiger partial charge in [0.05, 0.1) is 18.7 Å². The van der Waals surface area contributed by atoms with Crippen molar-refractivity contribution < 1.29 is 4.74 Å². The van der Waals surface area contributed by atoms with Gasteiger partial charge in [-0.3, -0.25) is 0 Å². The Labute approximate surface area is 124 Å². The second-order valence-electron chi connectivity index (χ2n) is 4.67. The zero-order valence-corrected chi connectivity index (χ0v) is 12.8. The third-order valence-corrected chi connectivity index (χ3v) is 4.32. The van der Waals surface area contributed by atoms with Crippen LogP contribution in [0.5, 0.6) is 5.75 Å². The van der Waals surface area contributed by atoms with Gasteiger partial charge in [0.1, 0.15) is 5.75 Å². The Kier molecular flexibility index (Phi) is 4.70. The van der Waals surface area contributed by atoms with Crippen LogP contribution in [0.3, 0.4) is 0 Å². The minimum absolute atomic E-state index is 0.668. The number of ether oxygens (including phenoxy) is 1. The summed E-state index contributed by atoms with van der Waals surface area (Å²) in [4.78, 5) is 1.23. The number of nitriles is 1. The zero-order chi connectivity index (χ0) is 14.5. The molecule has 0 saturated heterocycles. The van der Waals surface area contributed by atoms with Crippen LogP contribution in [-0.4, -0.2) is 7.11 Å². The van der Waals surface area contributed by atoms with Gasteiger partial charge in [0.25, 0.3) is 0 Å². The van der Waals surface area contributed by atoms with Crippen molar-refractivity contribution in [2.45, 2.75) is 24.5 Å². The van der Waals surface area contributed by atoms with E-state index in [9.17, 15) is 0 Å². The first-order chi connectivity index (χ1) is 9.63. The summed E-state index contributed by atoms with van der Waals surface area (Å²) < 4.78 is 5.35. The van der Waals surface area contributed by atoms with Crippen LogP contribution in [0, 0.1) is 25.2 Å². The zero-order valence-electron chi connectivity index (χ0n) is 11.9. The molecule has 20 heavy (non-hydrogen) atoms. The van der Waals surface area contributed by atoms with Crippen molar-refractivity contribution in [2.24, 2.45) is 0 Å². The average Bonchev–Trinajstić information content (AvgIpc) is 2.48. The number of benzene rings is 2. The fraction of sp³-hybridized carbons (Fsp3) is 0.235. The number of aryl methyl sites for hydroxylation is 2. The first-order valence-corrected chi connectivity index (χ1v) is 7.39. The fourth-order valence-electron chi connectivity index (χ4n) is 1.93. The molecule has 0 aromatic heterocycles. The highest BCUT2D eigenvalue weighted by atomic mass is 32.2. The second kappa shape index (κ2) is 6.49. The highest BCUT2D eigenvalue weighted by Crippen LogP contribution is 2.29. The number of rotatable bonds is 4. The van der Waals surface area contributed by atoms with Gasteiger partial charge in [-0.1, -0.05) is 6.07 Å². The number of hydrogen-bond acceptors (Lipinski definition) is 3. The van der Waals surface area contributed by atoms with Gasteiger partial charge in [-0.25, -0.2) is 0 Å². The fourth-order valence-corrected chi connectivity index (χ4v) is 2.90. The maximum atomic E-state index is 8.98. The number of thioether (sulfide) groups is 1. The highest BCUT2D eigenvalue weighted by molar-refractivity contribution is 7.98. The molecular weight excluding hydrogens is 266 g/mol. The molecule has 0 N–H and O–H groups in total. The molecule has 3 heteroatoms. The van der Waals surface area contributed by atoms with Gasteiger partial charge in [-0.2, -0.15) is 5.26 Å². The molecule has 2 aromatic carbocycles. The minimum atomic E-state index is 0.668. The van der Waals surface area contributed by atoms with E-state index < -0.39 is 0 Å². The van der Waals surface area contributed by atoms with E-state index in [0.717, 1.165) is 17.1 Å². The van der Waals surface area contributed by atoms with Crippen LogP contribution in [0.25, 0.3) is 0 Å². The average molecular weight is 283 g/mol. The molecule has 0 spiro atoms. The minimum Gasteiger partial charge on any atom is -0.496 e. The smallest absolute Gasteiger partial charge is 0.122 e. The lowest BCUT2D eigenvalue weighted by molar-refractivity contribution is 0.411. The van der Waals surface area contributed by atoms with Crippen molar-refractivity contribution in [1.82, 2.24) is 0 Å². The van der Waals surface area contributed by atoms with Crippen molar-refractivity contribution in [3.8, 4) is 11.8 Å². The van der Waals surface area contributed by atoms with E-state index in [1.807, 2.05) is 12.1 Å². The Morgan fingerprint density at radius 3 is 2.55 bits per heavy atom. The van der Waals surface area contributed by atoms with E-state index in [4.69, 9.17) is 10.00 Å². The van der Waals surface area contributed by atoms with Crippen LogP contribution < -0.4 is 4.74 Å². The van der Waals surface area contributed by atoms with Crippen molar-refractivity contribution in [3.63, 3.8) is 0 Å². The molecule has 0 aliphatic rings. The van der Waals surface area contributed by atoms with Crippen LogP contribution >= 0.6 is 11.8 Å². The Balaban J connectivity index is 2.17. The molecule has 2 aromatic rings. The number of methoxy groups -OCH3 is 1. The molecule has 102 valence electrons. The molecule has 0 aliphatic carbocycles. The van der Waals surface area contributed by atoms with E-state index >= 15 is 0 Å². The van der Waals surface area contributed by atoms with E-state index in [0.29, 0.717) is 5.56 Å². The maximum Gasteiger partial charge on any atom is 0.122 e. The van der Waals surface area contributed by atoms with E-state index in [1.54, 1.807) is 24.9 Å². The lowest BCUT2D eigenvalue weighted by Crippen LogP contribution is -1.92. The molecule has 0 amide bonds. The topological polar surface area (TPSA) is 33.0 Å². The summed E-state index contributed by atoms with van der Waals surface area (Å²) in [5.74, 6) is 1.63. The molecule has 0 unspecified atom stereocenters. The summed E-state index contributed by atoms with van der Waals surface area (Å²) in [6, 6.07) is 14.2. The Hall–Kier alpha value is -1.92. The first-order valence-electron chi connectivity index (χ1n) is 6.41. The van der Waals surface area contributed by atoms with Gasteiger partial charge in [-0.15, -0.1) is 11.8 Å². The lowest BCUT2D eigenvalue weighted by atomic mass is 10.1. The first kappa shape index (κ1) is 14.5. The highest BCUT2D eigenvalue weighted by Gasteiger charge is 2.06. The molecule has 0 fully saturated rings. The maximum absolute atomic E-state index is 8.98. The van der Waals surface area contributed by atoms with Crippen LogP contribution in [0.2, 0.25) is 0 Å². The van der Waals surface area contributed by atoms with Crippen LogP contribution in [0.15, 0.2) is 41.3 Å². The molecule has 0 aliphatic heterocycles. The summed E-state index contributed by atoms with van der Waals surface area (Å²) in [5, 5.41) is 8.98. The standard InChI is InChI=1S/C17H17NOS/c1-12-4-6-16(8-13(12)2)20-11-15-9-14(10-18)5-7-17(15)19-3/h4-9H,11H2,1-3H3. The van der Waals surface area contributed by atoms with E-state index in [-0.39, 0.29) is 0 Å². The molecule has 2 rings (SSSR count). The Morgan fingerprint density at radius 1 is 1.10 bits per heavy atom. The molecule has 2 nitrogen and oxygen atoms in total. The van der Waals surface area contributed by atoms with Gasteiger partial charge in [0.2, 0.25) is 0 Å². The van der Waals surface area contributed by atoms with Gasteiger partial charge in [-0.05, 0) is 55.3 Å². The van der Waals surface area contributed by atoms with Crippen molar-refractivity contribution >= 4 is 11.8 Å². The van der Waals surface area contributed by atoms with Crippen LogP contribution in [0.4, 0.5) is 0 Å². The normalized spacial score (nSPS) is 10.1. The third kappa shape index (κ3) is 3.34. The van der Waals surface area contributed by atoms with Crippen LogP contribution in [0.1, 0.15) is 22.3 Å². The number of hydrogen-bond donors (Lipinski definition) is 0. The predicted octanol–water partition coefficient (Wildman–Crippen LogP) is 4.48. The molecular formula is C17H17NOS. The summed E-state index contributed by atoms with van der Waals surface area (Å²) >= 11 is 1.76. The van der Waals surface area contributed by atoms with Gasteiger partial charge in [0, 0.05) is 16.2 Å². The van der Waals surface area contributed by atoms with Gasteiger partial charge < -0.3 is 4.74 Å². The lowest BCUT2D eigenvalue weighted by Gasteiger charge is -2.09. The summed E-state index contributed by atoms with van der Waals surface area (Å²) in [5.41, 5.74) is 4.32. The SMILES string of the molecule is COc1ccc(C#N)cc1CSc1ccc(C)c(C)c1. The second-order valence-corrected chi connectivity index (χ2v) is 5.72. The monoisotopic (exact) mass is 283 g/mol. The molecule has 0 atom stereocenters. The molecule has 0 bridgehead atoms. The van der Waals surface area contributed by atoms with Crippen molar-refractivity contribution in [3.05, 3.63) is 58.7 Å². The van der Waals surface area contributed by atoms with Crippen LogP contribution in [-0.2, 0) is 5.75 Å². The number of nitrogens with zero attached hydrogens (tertiary/aromatic N) is 1. The quantitative estimate of drug-likeness (QED) is 0.776. The van der Waals surface area contributed by atoms with Gasteiger partial charge in [0.15, 0.2) is 0 Å². The Bertz CT molecular complexity index is 659. The summed E-state index contributed by atoms with van der Waals surface area (Å²) in [7, 11) is 1.66.